The average molecular weight is 392 g/mol. The Balaban J connectivity index is 1.40. The highest BCUT2D eigenvalue weighted by Gasteiger charge is 2.85. The second kappa shape index (κ2) is 4.60. The number of epoxide rings is 1. The summed E-state index contributed by atoms with van der Waals surface area (Å²) in [5.41, 5.74) is -3.27. The van der Waals surface area contributed by atoms with Gasteiger partial charge in [0.15, 0.2) is 5.60 Å². The van der Waals surface area contributed by atoms with E-state index in [1.54, 1.807) is 0 Å². The molecule has 0 radical (unpaired) electrons. The van der Waals surface area contributed by atoms with Gasteiger partial charge in [-0.25, -0.2) is 4.79 Å². The zero-order chi connectivity index (χ0) is 19.9. The van der Waals surface area contributed by atoms with Gasteiger partial charge in [0.05, 0.1) is 12.5 Å². The molecular formula is C21H28O7. The number of hydrogen-bond acceptors (Lipinski definition) is 7. The van der Waals surface area contributed by atoms with Gasteiger partial charge in [0.25, 0.3) is 0 Å². The van der Waals surface area contributed by atoms with E-state index in [9.17, 15) is 14.7 Å². The van der Waals surface area contributed by atoms with Crippen molar-refractivity contribution in [2.24, 2.45) is 23.2 Å². The molecule has 0 aromatic rings. The van der Waals surface area contributed by atoms with Gasteiger partial charge < -0.3 is 24.1 Å². The number of esters is 2. The summed E-state index contributed by atoms with van der Waals surface area (Å²) in [6.07, 6.45) is 2.50. The third-order valence-corrected chi connectivity index (χ3v) is 9.17. The van der Waals surface area contributed by atoms with Crippen LogP contribution in [0.3, 0.4) is 0 Å². The molecule has 4 heterocycles. The molecule has 6 rings (SSSR count). The maximum atomic E-state index is 12.7. The first-order valence-electron chi connectivity index (χ1n) is 10.6. The Labute approximate surface area is 164 Å². The molecule has 2 saturated carbocycles. The monoisotopic (exact) mass is 392 g/mol. The fourth-order valence-corrected chi connectivity index (χ4v) is 7.81. The van der Waals surface area contributed by atoms with Crippen molar-refractivity contribution in [2.45, 2.75) is 94.6 Å². The second-order valence-electron chi connectivity index (χ2n) is 10.6. The van der Waals surface area contributed by atoms with Crippen LogP contribution in [0.25, 0.3) is 0 Å². The third kappa shape index (κ3) is 1.60. The standard InChI is InChI=1S/C21H28O7/c1-5-20-18(4,9-13(22)25-20)11-8-19-10(14(11)26-20)6-7-12-17(2,3)28-16(23)21(12,24)15(19)27-19/h10-12,14-15,24H,5-9H2,1-4H3/t10-,11+,12+,14-,15-,18-,19-,20+,21+/m1/s1. The van der Waals surface area contributed by atoms with Crippen LogP contribution in [0.4, 0.5) is 0 Å². The lowest BCUT2D eigenvalue weighted by molar-refractivity contribution is -0.236. The molecule has 28 heavy (non-hydrogen) atoms. The van der Waals surface area contributed by atoms with Crippen LogP contribution in [0, 0.1) is 23.2 Å². The number of fused-ring (bicyclic) bond motifs is 6. The van der Waals surface area contributed by atoms with E-state index in [4.69, 9.17) is 18.9 Å². The predicted octanol–water partition coefficient (Wildman–Crippen LogP) is 1.69. The molecule has 2 aliphatic carbocycles. The molecule has 9 atom stereocenters. The fraction of sp³-hybridized carbons (Fsp3) is 0.905. The summed E-state index contributed by atoms with van der Waals surface area (Å²) < 4.78 is 24.1. The van der Waals surface area contributed by atoms with E-state index in [0.717, 1.165) is 6.42 Å². The van der Waals surface area contributed by atoms with Crippen LogP contribution in [0.15, 0.2) is 0 Å². The molecule has 6 aliphatic rings. The Bertz CT molecular complexity index is 809. The smallest absolute Gasteiger partial charge is 0.342 e. The van der Waals surface area contributed by atoms with Crippen molar-refractivity contribution in [2.75, 3.05) is 0 Å². The number of aliphatic hydroxyl groups is 1. The zero-order valence-electron chi connectivity index (χ0n) is 16.8. The molecule has 1 spiro atoms. The molecule has 6 fully saturated rings. The number of cyclic esters (lactones) is 1. The summed E-state index contributed by atoms with van der Waals surface area (Å²) in [5.74, 6) is -1.72. The van der Waals surface area contributed by atoms with Gasteiger partial charge in [-0.2, -0.15) is 0 Å². The summed E-state index contributed by atoms with van der Waals surface area (Å²) in [6.45, 7) is 7.84. The van der Waals surface area contributed by atoms with E-state index >= 15 is 0 Å². The SMILES string of the molecule is CC[C@@]12OC(=O)C[C@]1(C)[C@H]1C[C@]34O[C@H]3[C@]3(O)C(=O)OC(C)(C)[C@@H]3CC[C@@H]4[C@H]1O2. The molecule has 4 aliphatic heterocycles. The molecule has 1 N–H and O–H groups in total. The molecule has 7 nitrogen and oxygen atoms in total. The lowest BCUT2D eigenvalue weighted by Crippen LogP contribution is -2.50. The average Bonchev–Trinajstić information content (AvgIpc) is 3.06. The number of rotatable bonds is 1. The van der Waals surface area contributed by atoms with Gasteiger partial charge in [0, 0.05) is 29.6 Å². The van der Waals surface area contributed by atoms with Gasteiger partial charge >= 0.3 is 11.9 Å². The minimum absolute atomic E-state index is 0.0791. The predicted molar refractivity (Wildman–Crippen MR) is 93.8 cm³/mol. The highest BCUT2D eigenvalue weighted by molar-refractivity contribution is 5.85. The lowest BCUT2D eigenvalue weighted by atomic mass is 9.68. The quantitative estimate of drug-likeness (QED) is 0.536. The number of carbonyl (C=O) groups is 2. The molecule has 0 unspecified atom stereocenters. The van der Waals surface area contributed by atoms with Crippen LogP contribution in [0.1, 0.15) is 59.8 Å². The normalized spacial score (nSPS) is 60.1. The summed E-state index contributed by atoms with van der Waals surface area (Å²) in [7, 11) is 0. The van der Waals surface area contributed by atoms with Crippen molar-refractivity contribution in [1.29, 1.82) is 0 Å². The summed E-state index contributed by atoms with van der Waals surface area (Å²) in [4.78, 5) is 24.9. The van der Waals surface area contributed by atoms with Gasteiger partial charge in [0.1, 0.15) is 17.3 Å². The topological polar surface area (TPSA) is 94.6 Å². The molecule has 7 heteroatoms. The Morgan fingerprint density at radius 1 is 1.07 bits per heavy atom. The fourth-order valence-electron chi connectivity index (χ4n) is 7.81. The number of carbonyl (C=O) groups excluding carboxylic acids is 2. The molecule has 0 bridgehead atoms. The van der Waals surface area contributed by atoms with Crippen molar-refractivity contribution in [3.05, 3.63) is 0 Å². The first-order valence-corrected chi connectivity index (χ1v) is 10.6. The van der Waals surface area contributed by atoms with E-state index in [0.29, 0.717) is 25.7 Å². The van der Waals surface area contributed by atoms with Gasteiger partial charge in [-0.3, -0.25) is 4.79 Å². The van der Waals surface area contributed by atoms with E-state index in [1.807, 2.05) is 20.8 Å². The highest BCUT2D eigenvalue weighted by atomic mass is 16.7. The highest BCUT2D eigenvalue weighted by Crippen LogP contribution is 2.73. The van der Waals surface area contributed by atoms with Crippen molar-refractivity contribution in [3.63, 3.8) is 0 Å². The van der Waals surface area contributed by atoms with E-state index in [2.05, 4.69) is 6.92 Å². The Kier molecular flexibility index (Phi) is 2.90. The summed E-state index contributed by atoms with van der Waals surface area (Å²) in [6, 6.07) is 0. The van der Waals surface area contributed by atoms with Crippen LogP contribution >= 0.6 is 0 Å². The molecule has 4 saturated heterocycles. The van der Waals surface area contributed by atoms with Crippen molar-refractivity contribution < 1.29 is 33.6 Å². The van der Waals surface area contributed by atoms with Crippen LogP contribution in [0.5, 0.6) is 0 Å². The van der Waals surface area contributed by atoms with Gasteiger partial charge in [0.2, 0.25) is 5.79 Å². The molecular weight excluding hydrogens is 364 g/mol. The number of hydrogen-bond donors (Lipinski definition) is 1. The third-order valence-electron chi connectivity index (χ3n) is 9.17. The van der Waals surface area contributed by atoms with E-state index in [-0.39, 0.29) is 29.8 Å². The zero-order valence-corrected chi connectivity index (χ0v) is 16.8. The molecule has 154 valence electrons. The summed E-state index contributed by atoms with van der Waals surface area (Å²) >= 11 is 0. The largest absolute Gasteiger partial charge is 0.457 e. The van der Waals surface area contributed by atoms with Crippen LogP contribution in [-0.4, -0.2) is 51.8 Å². The summed E-state index contributed by atoms with van der Waals surface area (Å²) in [5, 5.41) is 11.5. The minimum atomic E-state index is -1.60. The Morgan fingerprint density at radius 3 is 2.54 bits per heavy atom. The van der Waals surface area contributed by atoms with Gasteiger partial charge in [-0.1, -0.05) is 13.8 Å². The Hall–Kier alpha value is -1.18. The van der Waals surface area contributed by atoms with Crippen molar-refractivity contribution in [1.82, 2.24) is 0 Å². The second-order valence-corrected chi connectivity index (χ2v) is 10.6. The lowest BCUT2D eigenvalue weighted by Gasteiger charge is -2.36. The maximum Gasteiger partial charge on any atom is 0.342 e. The Morgan fingerprint density at radius 2 is 1.82 bits per heavy atom. The molecule has 0 aromatic carbocycles. The van der Waals surface area contributed by atoms with Crippen molar-refractivity contribution >= 4 is 11.9 Å². The minimum Gasteiger partial charge on any atom is -0.457 e. The molecule has 0 amide bonds. The first kappa shape index (κ1) is 17.7. The van der Waals surface area contributed by atoms with E-state index < -0.39 is 40.1 Å². The van der Waals surface area contributed by atoms with Gasteiger partial charge in [-0.05, 0) is 33.1 Å². The van der Waals surface area contributed by atoms with Crippen LogP contribution in [-0.2, 0) is 28.5 Å². The maximum absolute atomic E-state index is 12.7. The van der Waals surface area contributed by atoms with Gasteiger partial charge in [-0.15, -0.1) is 0 Å². The number of ether oxygens (including phenoxy) is 4. The van der Waals surface area contributed by atoms with E-state index in [1.165, 1.54) is 0 Å². The van der Waals surface area contributed by atoms with Crippen LogP contribution in [0.2, 0.25) is 0 Å². The molecule has 0 aromatic heterocycles. The van der Waals surface area contributed by atoms with Crippen molar-refractivity contribution in [3.8, 4) is 0 Å². The van der Waals surface area contributed by atoms with Crippen LogP contribution < -0.4 is 0 Å². The first-order chi connectivity index (χ1) is 13.0.